The van der Waals surface area contributed by atoms with Gasteiger partial charge >= 0.3 is 11.4 Å². The average molecular weight is 518 g/mol. The van der Waals surface area contributed by atoms with Crippen molar-refractivity contribution in [3.05, 3.63) is 128 Å². The average Bonchev–Trinajstić information content (AvgIpc) is 3.21. The number of aromatic hydroxyl groups is 1. The van der Waals surface area contributed by atoms with Gasteiger partial charge < -0.3 is 5.11 Å². The number of hydrogen-bond donors (Lipinski definition) is 1. The molecule has 0 radical (unpaired) electrons. The second-order valence-electron chi connectivity index (χ2n) is 10.2. The van der Waals surface area contributed by atoms with Crippen LogP contribution < -0.4 is 11.4 Å². The van der Waals surface area contributed by atoms with E-state index in [0.717, 1.165) is 15.3 Å². The maximum Gasteiger partial charge on any atom is 0.352 e. The van der Waals surface area contributed by atoms with Crippen LogP contribution in [0.15, 0.2) is 111 Å². The maximum absolute atomic E-state index is 13.8. The smallest absolute Gasteiger partial charge is 0.352 e. The van der Waals surface area contributed by atoms with Crippen LogP contribution >= 0.6 is 0 Å². The Morgan fingerprint density at radius 2 is 1.62 bits per heavy atom. The number of nitrogens with zero attached hydrogens (tertiary/aromatic N) is 3. The predicted octanol–water partition coefficient (Wildman–Crippen LogP) is 3.72. The van der Waals surface area contributed by atoms with Crippen molar-refractivity contribution in [1.29, 1.82) is 0 Å². The van der Waals surface area contributed by atoms with Gasteiger partial charge in [-0.05, 0) is 47.5 Å². The summed E-state index contributed by atoms with van der Waals surface area (Å²) >= 11 is 0. The van der Waals surface area contributed by atoms with Crippen LogP contribution in [0.3, 0.4) is 0 Å². The molecule has 2 atom stereocenters. The Morgan fingerprint density at radius 1 is 0.872 bits per heavy atom. The largest absolute Gasteiger partial charge is 0.508 e. The number of aromatic nitrogens is 3. The van der Waals surface area contributed by atoms with Gasteiger partial charge in [0.25, 0.3) is 0 Å². The molecule has 192 valence electrons. The zero-order valence-electron chi connectivity index (χ0n) is 21.0. The van der Waals surface area contributed by atoms with Gasteiger partial charge in [0.15, 0.2) is 11.6 Å². The van der Waals surface area contributed by atoms with Gasteiger partial charge in [0, 0.05) is 34.6 Å². The predicted molar refractivity (Wildman–Crippen MR) is 145 cm³/mol. The van der Waals surface area contributed by atoms with Crippen LogP contribution in [0.1, 0.15) is 30.9 Å². The Labute approximate surface area is 222 Å². The topological polar surface area (TPSA) is 103 Å². The summed E-state index contributed by atoms with van der Waals surface area (Å²) in [5.74, 6) is -1.31. The molecule has 0 spiro atoms. The van der Waals surface area contributed by atoms with Crippen LogP contribution in [0, 0.1) is 0 Å². The summed E-state index contributed by atoms with van der Waals surface area (Å²) in [6.07, 6.45) is 3.29. The van der Waals surface area contributed by atoms with Crippen molar-refractivity contribution < 1.29 is 14.7 Å². The number of Topliss-reactive ketones (excluding diaryl/α,β-unsaturated/α-hetero) is 1. The van der Waals surface area contributed by atoms with Gasteiger partial charge in [-0.15, -0.1) is 0 Å². The number of phenolic OH excluding ortho intramolecular Hbond substituents is 1. The van der Waals surface area contributed by atoms with E-state index < -0.39 is 23.3 Å². The number of allylic oxidation sites excluding steroid dienone is 6. The van der Waals surface area contributed by atoms with E-state index in [-0.39, 0.29) is 30.3 Å². The second-order valence-corrected chi connectivity index (χ2v) is 10.2. The fraction of sp³-hybridized carbons (Fsp3) is 0.161. The highest BCUT2D eigenvalue weighted by molar-refractivity contribution is 6.24. The van der Waals surface area contributed by atoms with E-state index >= 15 is 0 Å². The Hall–Kier alpha value is -4.98. The Balaban J connectivity index is 1.52. The van der Waals surface area contributed by atoms with Crippen molar-refractivity contribution in [3.8, 4) is 11.4 Å². The zero-order valence-corrected chi connectivity index (χ0v) is 21.0. The Morgan fingerprint density at radius 3 is 2.41 bits per heavy atom. The molecule has 1 aromatic heterocycles. The molecule has 2 aliphatic carbocycles. The Kier molecular flexibility index (Phi) is 4.91. The SMILES string of the molecule is CC1=CC(=O)C2=C(C1=O)[C@@H](c1c(O)ccc3ccccc13)C1=CCn3c(=O)n(-c4ccccc4)c(=O)n3[C@@H]1C2. The summed E-state index contributed by atoms with van der Waals surface area (Å²) in [6.45, 7) is 1.73. The van der Waals surface area contributed by atoms with E-state index in [9.17, 15) is 24.3 Å². The van der Waals surface area contributed by atoms with E-state index in [4.69, 9.17) is 0 Å². The van der Waals surface area contributed by atoms with Crippen LogP contribution in [0.5, 0.6) is 5.75 Å². The molecular formula is C31H23N3O5. The minimum absolute atomic E-state index is 0.00304. The lowest BCUT2D eigenvalue weighted by Gasteiger charge is -2.40. The number of fused-ring (bicyclic) bond motifs is 4. The van der Waals surface area contributed by atoms with Crippen molar-refractivity contribution in [2.24, 2.45) is 0 Å². The molecule has 0 bridgehead atoms. The van der Waals surface area contributed by atoms with Crippen LogP contribution in [0.25, 0.3) is 16.5 Å². The summed E-state index contributed by atoms with van der Waals surface area (Å²) in [5.41, 5.74) is 1.65. The molecule has 0 amide bonds. The number of hydrogen-bond acceptors (Lipinski definition) is 5. The molecule has 1 aliphatic heterocycles. The first-order valence-electron chi connectivity index (χ1n) is 12.8. The van der Waals surface area contributed by atoms with Gasteiger partial charge in [0.2, 0.25) is 0 Å². The summed E-state index contributed by atoms with van der Waals surface area (Å²) in [4.78, 5) is 54.2. The first-order chi connectivity index (χ1) is 18.9. The molecule has 2 heterocycles. The van der Waals surface area contributed by atoms with Crippen molar-refractivity contribution in [3.63, 3.8) is 0 Å². The normalized spacial score (nSPS) is 20.3. The molecule has 0 unspecified atom stereocenters. The third-order valence-electron chi connectivity index (χ3n) is 8.08. The van der Waals surface area contributed by atoms with Crippen molar-refractivity contribution in [2.75, 3.05) is 0 Å². The number of benzene rings is 3. The number of rotatable bonds is 2. The summed E-state index contributed by atoms with van der Waals surface area (Å²) in [7, 11) is 0. The molecule has 39 heavy (non-hydrogen) atoms. The third kappa shape index (κ3) is 3.18. The summed E-state index contributed by atoms with van der Waals surface area (Å²) in [6, 6.07) is 19.0. The van der Waals surface area contributed by atoms with Crippen molar-refractivity contribution in [2.45, 2.75) is 31.8 Å². The number of carbonyl (C=O) groups is 2. The van der Waals surface area contributed by atoms with Crippen molar-refractivity contribution in [1.82, 2.24) is 13.9 Å². The van der Waals surface area contributed by atoms with Crippen LogP contribution in [0.2, 0.25) is 0 Å². The molecule has 0 saturated carbocycles. The number of carbonyl (C=O) groups excluding carboxylic acids is 2. The van der Waals surface area contributed by atoms with Gasteiger partial charge in [-0.2, -0.15) is 0 Å². The monoisotopic (exact) mass is 517 g/mol. The van der Waals surface area contributed by atoms with Gasteiger partial charge in [-0.3, -0.25) is 9.59 Å². The standard InChI is InChI=1S/C31H23N3O5/c1-17-15-25(36)22-16-23-21(13-14-32-30(38)33(31(39)34(23)32)19-8-3-2-4-9-19)27(28(22)29(17)37)26-20-10-6-5-7-18(20)11-12-24(26)35/h2-13,15,23,27,35H,14,16H2,1H3/t23-,27-/m1/s1. The lowest BCUT2D eigenvalue weighted by Crippen LogP contribution is -2.40. The van der Waals surface area contributed by atoms with E-state index in [1.54, 1.807) is 49.4 Å². The lowest BCUT2D eigenvalue weighted by atomic mass is 9.67. The molecule has 1 N–H and O–H groups in total. The molecular weight excluding hydrogens is 494 g/mol. The molecule has 8 heteroatoms. The van der Waals surface area contributed by atoms with Crippen LogP contribution in [-0.4, -0.2) is 30.6 Å². The molecule has 0 fully saturated rings. The first-order valence-corrected chi connectivity index (χ1v) is 12.8. The van der Waals surface area contributed by atoms with Gasteiger partial charge in [0.05, 0.1) is 18.3 Å². The minimum atomic E-state index is -0.763. The summed E-state index contributed by atoms with van der Waals surface area (Å²) in [5, 5.41) is 12.8. The minimum Gasteiger partial charge on any atom is -0.508 e. The molecule has 7 rings (SSSR count). The van der Waals surface area contributed by atoms with Gasteiger partial charge in [0.1, 0.15) is 5.75 Å². The number of phenols is 1. The second kappa shape index (κ2) is 8.26. The van der Waals surface area contributed by atoms with E-state index in [1.165, 1.54) is 15.4 Å². The fourth-order valence-corrected chi connectivity index (χ4v) is 6.35. The fourth-order valence-electron chi connectivity index (χ4n) is 6.35. The lowest BCUT2D eigenvalue weighted by molar-refractivity contribution is -0.116. The molecule has 8 nitrogen and oxygen atoms in total. The van der Waals surface area contributed by atoms with Gasteiger partial charge in [-0.1, -0.05) is 54.6 Å². The highest BCUT2D eigenvalue weighted by Gasteiger charge is 2.46. The quantitative estimate of drug-likeness (QED) is 0.323. The molecule has 3 aromatic carbocycles. The van der Waals surface area contributed by atoms with Crippen molar-refractivity contribution >= 4 is 22.3 Å². The van der Waals surface area contributed by atoms with E-state index in [2.05, 4.69) is 0 Å². The van der Waals surface area contributed by atoms with Crippen LogP contribution in [-0.2, 0) is 16.1 Å². The zero-order chi connectivity index (χ0) is 27.0. The third-order valence-corrected chi connectivity index (χ3v) is 8.08. The van der Waals surface area contributed by atoms with Crippen LogP contribution in [0.4, 0.5) is 0 Å². The molecule has 0 saturated heterocycles. The Bertz CT molecular complexity index is 1970. The molecule has 4 aromatic rings. The maximum atomic E-state index is 13.8. The molecule has 3 aliphatic rings. The number of ketones is 2. The first kappa shape index (κ1) is 23.2. The highest BCUT2D eigenvalue weighted by Crippen LogP contribution is 2.52. The number of para-hydroxylation sites is 1. The summed E-state index contributed by atoms with van der Waals surface area (Å²) < 4.78 is 3.92. The van der Waals surface area contributed by atoms with Gasteiger partial charge in [-0.25, -0.2) is 23.5 Å². The highest BCUT2D eigenvalue weighted by atomic mass is 16.3. The van der Waals surface area contributed by atoms with E-state index in [1.807, 2.05) is 30.3 Å². The van der Waals surface area contributed by atoms with E-state index in [0.29, 0.717) is 33.5 Å².